The average molecular weight is 247 g/mol. The molecule has 0 radical (unpaired) electrons. The van der Waals surface area contributed by atoms with E-state index in [1.54, 1.807) is 17.5 Å². The summed E-state index contributed by atoms with van der Waals surface area (Å²) in [5.74, 6) is 0.511. The van der Waals surface area contributed by atoms with Gasteiger partial charge in [-0.05, 0) is 17.9 Å². The lowest BCUT2D eigenvalue weighted by molar-refractivity contribution is 0.191. The third kappa shape index (κ3) is 2.06. The van der Waals surface area contributed by atoms with Crippen molar-refractivity contribution in [3.63, 3.8) is 0 Å². The van der Waals surface area contributed by atoms with Crippen molar-refractivity contribution in [3.05, 3.63) is 39.6 Å². The Bertz CT molecular complexity index is 605. The zero-order valence-electron chi connectivity index (χ0n) is 9.31. The van der Waals surface area contributed by atoms with Crippen LogP contribution in [-0.2, 0) is 4.74 Å². The van der Waals surface area contributed by atoms with Crippen LogP contribution in [0.5, 0.6) is 0 Å². The number of hydrogen-bond donors (Lipinski definition) is 1. The molecule has 0 aliphatic carbocycles. The van der Waals surface area contributed by atoms with Gasteiger partial charge in [0.05, 0.1) is 12.0 Å². The van der Waals surface area contributed by atoms with Crippen molar-refractivity contribution < 1.29 is 4.74 Å². The fourth-order valence-electron chi connectivity index (χ4n) is 2.07. The van der Waals surface area contributed by atoms with Crippen molar-refractivity contribution in [3.8, 4) is 0 Å². The fraction of sp³-hybridized carbons (Fsp3) is 0.308. The first-order valence-electron chi connectivity index (χ1n) is 5.69. The lowest BCUT2D eigenvalue weighted by atomic mass is 10.1. The maximum atomic E-state index is 11.6. The Morgan fingerprint density at radius 3 is 3.29 bits per heavy atom. The monoisotopic (exact) mass is 247 g/mol. The van der Waals surface area contributed by atoms with Gasteiger partial charge in [0.15, 0.2) is 0 Å². The van der Waals surface area contributed by atoms with E-state index in [4.69, 9.17) is 4.74 Å². The number of rotatable bonds is 2. The molecule has 1 unspecified atom stereocenters. The summed E-state index contributed by atoms with van der Waals surface area (Å²) in [4.78, 5) is 14.3. The van der Waals surface area contributed by atoms with E-state index < -0.39 is 0 Å². The van der Waals surface area contributed by atoms with Crippen molar-refractivity contribution in [2.75, 3.05) is 13.2 Å². The Morgan fingerprint density at radius 2 is 2.47 bits per heavy atom. The molecule has 1 N–H and O–H groups in total. The van der Waals surface area contributed by atoms with Gasteiger partial charge in [0, 0.05) is 29.0 Å². The highest BCUT2D eigenvalue weighted by molar-refractivity contribution is 7.17. The first kappa shape index (κ1) is 10.7. The van der Waals surface area contributed by atoms with E-state index in [1.807, 2.05) is 11.4 Å². The van der Waals surface area contributed by atoms with Crippen molar-refractivity contribution in [2.24, 2.45) is 5.92 Å². The quantitative estimate of drug-likeness (QED) is 0.886. The predicted octanol–water partition coefficient (Wildman–Crippen LogP) is 2.64. The van der Waals surface area contributed by atoms with Crippen LogP contribution in [-0.4, -0.2) is 18.2 Å². The molecule has 0 amide bonds. The zero-order chi connectivity index (χ0) is 11.7. The van der Waals surface area contributed by atoms with Gasteiger partial charge in [0.25, 0.3) is 5.56 Å². The molecular weight excluding hydrogens is 234 g/mol. The van der Waals surface area contributed by atoms with Crippen molar-refractivity contribution in [2.45, 2.75) is 6.42 Å². The van der Waals surface area contributed by atoms with Gasteiger partial charge in [-0.3, -0.25) is 4.79 Å². The molecule has 3 heterocycles. The van der Waals surface area contributed by atoms with Crippen LogP contribution < -0.4 is 5.56 Å². The van der Waals surface area contributed by atoms with E-state index in [-0.39, 0.29) is 5.56 Å². The Labute approximate surface area is 103 Å². The predicted molar refractivity (Wildman–Crippen MR) is 70.4 cm³/mol. The van der Waals surface area contributed by atoms with E-state index >= 15 is 0 Å². The molecule has 88 valence electrons. The number of H-pyrrole nitrogens is 1. The van der Waals surface area contributed by atoms with E-state index in [2.05, 4.69) is 17.1 Å². The molecule has 1 saturated heterocycles. The van der Waals surface area contributed by atoms with Crippen molar-refractivity contribution >= 4 is 27.5 Å². The molecule has 3 rings (SSSR count). The third-order valence-corrected chi connectivity index (χ3v) is 4.01. The third-order valence-electron chi connectivity index (χ3n) is 3.04. The Hall–Kier alpha value is -1.39. The number of thiophene rings is 1. The van der Waals surface area contributed by atoms with E-state index in [0.29, 0.717) is 5.92 Å². The van der Waals surface area contributed by atoms with E-state index in [9.17, 15) is 4.79 Å². The molecule has 1 atom stereocenters. The number of ether oxygens (including phenoxy) is 1. The maximum absolute atomic E-state index is 11.6. The lowest BCUT2D eigenvalue weighted by Crippen LogP contribution is -2.04. The molecule has 0 aromatic carbocycles. The summed E-state index contributed by atoms with van der Waals surface area (Å²) in [5.41, 5.74) is 1.07. The molecule has 0 saturated carbocycles. The highest BCUT2D eigenvalue weighted by atomic mass is 32.1. The summed E-state index contributed by atoms with van der Waals surface area (Å²) in [6, 6.07) is 1.87. The van der Waals surface area contributed by atoms with Crippen LogP contribution in [0.2, 0.25) is 0 Å². The van der Waals surface area contributed by atoms with Crippen LogP contribution in [0.3, 0.4) is 0 Å². The smallest absolute Gasteiger partial charge is 0.256 e. The summed E-state index contributed by atoms with van der Waals surface area (Å²) in [7, 11) is 0. The van der Waals surface area contributed by atoms with Crippen molar-refractivity contribution in [1.82, 2.24) is 4.98 Å². The van der Waals surface area contributed by atoms with Gasteiger partial charge in [0.2, 0.25) is 0 Å². The summed E-state index contributed by atoms with van der Waals surface area (Å²) in [6.07, 6.45) is 7.15. The van der Waals surface area contributed by atoms with Gasteiger partial charge in [-0.25, -0.2) is 0 Å². The van der Waals surface area contributed by atoms with Crippen LogP contribution in [0.25, 0.3) is 16.2 Å². The molecule has 3 nitrogen and oxygen atoms in total. The molecule has 0 bridgehead atoms. The second-order valence-corrected chi connectivity index (χ2v) is 5.14. The van der Waals surface area contributed by atoms with Gasteiger partial charge >= 0.3 is 0 Å². The zero-order valence-corrected chi connectivity index (χ0v) is 10.1. The second kappa shape index (κ2) is 4.47. The molecule has 1 aliphatic rings. The molecule has 17 heavy (non-hydrogen) atoms. The van der Waals surface area contributed by atoms with Crippen LogP contribution in [0.1, 0.15) is 12.0 Å². The normalized spacial score (nSPS) is 20.6. The summed E-state index contributed by atoms with van der Waals surface area (Å²) < 4.78 is 6.39. The van der Waals surface area contributed by atoms with Gasteiger partial charge in [-0.1, -0.05) is 12.2 Å². The van der Waals surface area contributed by atoms with Gasteiger partial charge in [-0.2, -0.15) is 0 Å². The van der Waals surface area contributed by atoms with Gasteiger partial charge < -0.3 is 9.72 Å². The Kier molecular flexibility index (Phi) is 2.82. The van der Waals surface area contributed by atoms with Crippen LogP contribution in [0.15, 0.2) is 28.5 Å². The lowest BCUT2D eigenvalue weighted by Gasteiger charge is -1.99. The van der Waals surface area contributed by atoms with Crippen LogP contribution in [0.4, 0.5) is 0 Å². The van der Waals surface area contributed by atoms with E-state index in [0.717, 1.165) is 35.3 Å². The molecule has 4 heteroatoms. The van der Waals surface area contributed by atoms with Crippen LogP contribution in [0, 0.1) is 5.92 Å². The highest BCUT2D eigenvalue weighted by Gasteiger charge is 2.12. The minimum Gasteiger partial charge on any atom is -0.381 e. The Morgan fingerprint density at radius 1 is 1.53 bits per heavy atom. The standard InChI is InChI=1S/C13H13NO2S/c15-13-11-4-6-17-12(11)10(7-14-13)2-1-9-3-5-16-8-9/h1-2,4,6-7,9H,3,5,8H2,(H,14,15)/b2-1+. The minimum atomic E-state index is -0.0115. The fourth-order valence-corrected chi connectivity index (χ4v) is 2.96. The summed E-state index contributed by atoms with van der Waals surface area (Å²) in [5, 5.41) is 2.73. The Balaban J connectivity index is 1.97. The van der Waals surface area contributed by atoms with Gasteiger partial charge in [0.1, 0.15) is 0 Å². The van der Waals surface area contributed by atoms with Crippen LogP contribution >= 0.6 is 11.3 Å². The number of pyridine rings is 1. The number of fused-ring (bicyclic) bond motifs is 1. The number of nitrogens with one attached hydrogen (secondary N) is 1. The molecule has 1 aliphatic heterocycles. The highest BCUT2D eigenvalue weighted by Crippen LogP contribution is 2.23. The number of aromatic amines is 1. The van der Waals surface area contributed by atoms with Crippen molar-refractivity contribution in [1.29, 1.82) is 0 Å². The number of aromatic nitrogens is 1. The molecule has 2 aromatic rings. The molecule has 1 fully saturated rings. The largest absolute Gasteiger partial charge is 0.381 e. The van der Waals surface area contributed by atoms with E-state index in [1.165, 1.54) is 0 Å². The SMILES string of the molecule is O=c1[nH]cc(/C=C/C2CCOC2)c2sccc12. The minimum absolute atomic E-state index is 0.0115. The topological polar surface area (TPSA) is 42.1 Å². The molecule has 2 aromatic heterocycles. The molecule has 0 spiro atoms. The first-order valence-corrected chi connectivity index (χ1v) is 6.57. The summed E-state index contributed by atoms with van der Waals surface area (Å²) >= 11 is 1.61. The first-order chi connectivity index (χ1) is 8.34. The molecular formula is C13H13NO2S. The average Bonchev–Trinajstić information content (AvgIpc) is 2.99. The summed E-state index contributed by atoms with van der Waals surface area (Å²) in [6.45, 7) is 1.67. The van der Waals surface area contributed by atoms with Gasteiger partial charge in [-0.15, -0.1) is 11.3 Å². The number of hydrogen-bond acceptors (Lipinski definition) is 3. The maximum Gasteiger partial charge on any atom is 0.256 e. The second-order valence-electron chi connectivity index (χ2n) is 4.22.